The van der Waals surface area contributed by atoms with Crippen molar-refractivity contribution in [3.63, 3.8) is 0 Å². The first-order valence-electron chi connectivity index (χ1n) is 7.96. The maximum absolute atomic E-state index is 13.0. The predicted octanol–water partition coefficient (Wildman–Crippen LogP) is 5.20. The number of alkyl halides is 2. The molecule has 128 valence electrons. The minimum absolute atomic E-state index is 0.0254. The van der Waals surface area contributed by atoms with Crippen LogP contribution in [0.15, 0.2) is 54.7 Å². The van der Waals surface area contributed by atoms with E-state index in [1.54, 1.807) is 42.6 Å². The third-order valence-electron chi connectivity index (χ3n) is 4.17. The highest BCUT2D eigenvalue weighted by Gasteiger charge is 2.16. The minimum atomic E-state index is -2.52. The normalized spacial score (nSPS) is 11.0. The molecule has 0 fully saturated rings. The van der Waals surface area contributed by atoms with Crippen LogP contribution in [0, 0.1) is 0 Å². The van der Waals surface area contributed by atoms with Gasteiger partial charge in [-0.05, 0) is 41.3 Å². The molecule has 0 aliphatic carbocycles. The number of anilines is 1. The first kappa shape index (κ1) is 16.9. The molecule has 0 radical (unpaired) electrons. The van der Waals surface area contributed by atoms with Crippen molar-refractivity contribution >= 4 is 5.82 Å². The largest absolute Gasteiger partial charge is 0.508 e. The van der Waals surface area contributed by atoms with E-state index in [1.165, 1.54) is 12.1 Å². The topological polar surface area (TPSA) is 59.1 Å². The molecule has 2 aromatic carbocycles. The number of aromatic nitrogens is 1. The van der Waals surface area contributed by atoms with Crippen molar-refractivity contribution < 1.29 is 13.9 Å². The van der Waals surface area contributed by atoms with Crippen LogP contribution < -0.4 is 5.73 Å². The molecule has 0 aliphatic rings. The number of rotatable bonds is 4. The second kappa shape index (κ2) is 6.89. The zero-order valence-corrected chi connectivity index (χ0v) is 13.7. The van der Waals surface area contributed by atoms with Crippen molar-refractivity contribution in [1.82, 2.24) is 4.98 Å². The first-order valence-corrected chi connectivity index (χ1v) is 7.96. The molecule has 3 aromatic rings. The third kappa shape index (κ3) is 3.31. The summed E-state index contributed by atoms with van der Waals surface area (Å²) < 4.78 is 26.1. The van der Waals surface area contributed by atoms with Crippen molar-refractivity contribution in [3.8, 4) is 28.0 Å². The maximum atomic E-state index is 13.0. The van der Waals surface area contributed by atoms with Crippen LogP contribution in [0.1, 0.15) is 24.5 Å². The van der Waals surface area contributed by atoms with Crippen molar-refractivity contribution in [2.24, 2.45) is 0 Å². The molecule has 1 aromatic heterocycles. The van der Waals surface area contributed by atoms with Gasteiger partial charge in [0.25, 0.3) is 6.43 Å². The predicted molar refractivity (Wildman–Crippen MR) is 95.5 cm³/mol. The van der Waals surface area contributed by atoms with Crippen LogP contribution in [0.5, 0.6) is 5.75 Å². The fourth-order valence-corrected chi connectivity index (χ4v) is 2.97. The van der Waals surface area contributed by atoms with Gasteiger partial charge in [-0.25, -0.2) is 13.8 Å². The van der Waals surface area contributed by atoms with Crippen LogP contribution in [-0.2, 0) is 6.42 Å². The van der Waals surface area contributed by atoms with E-state index in [0.29, 0.717) is 17.8 Å². The third-order valence-corrected chi connectivity index (χ3v) is 4.17. The van der Waals surface area contributed by atoms with E-state index in [4.69, 9.17) is 5.73 Å². The van der Waals surface area contributed by atoms with Crippen molar-refractivity contribution in [2.75, 3.05) is 5.73 Å². The van der Waals surface area contributed by atoms with Crippen molar-refractivity contribution in [1.29, 1.82) is 0 Å². The first-order chi connectivity index (χ1) is 12.0. The molecule has 0 atom stereocenters. The molecule has 0 bridgehead atoms. The number of nitrogens with two attached hydrogens (primary N) is 1. The Morgan fingerprint density at radius 3 is 2.44 bits per heavy atom. The number of phenols is 1. The molecular weight excluding hydrogens is 322 g/mol. The van der Waals surface area contributed by atoms with E-state index in [0.717, 1.165) is 22.3 Å². The average Bonchev–Trinajstić information content (AvgIpc) is 2.62. The molecular formula is C20H18F2N2O. The zero-order valence-electron chi connectivity index (χ0n) is 13.7. The number of pyridine rings is 1. The second-order valence-corrected chi connectivity index (χ2v) is 5.74. The summed E-state index contributed by atoms with van der Waals surface area (Å²) in [4.78, 5) is 4.27. The van der Waals surface area contributed by atoms with E-state index in [2.05, 4.69) is 4.98 Å². The Kier molecular flexibility index (Phi) is 4.65. The second-order valence-electron chi connectivity index (χ2n) is 5.74. The van der Waals surface area contributed by atoms with Crippen LogP contribution in [-0.4, -0.2) is 10.1 Å². The van der Waals surface area contributed by atoms with Crippen LogP contribution in [0.25, 0.3) is 22.3 Å². The summed E-state index contributed by atoms with van der Waals surface area (Å²) in [6.45, 7) is 1.99. The lowest BCUT2D eigenvalue weighted by molar-refractivity contribution is 0.151. The average molecular weight is 340 g/mol. The lowest BCUT2D eigenvalue weighted by Gasteiger charge is -2.16. The summed E-state index contributed by atoms with van der Waals surface area (Å²) in [5.74, 6) is 0.533. The van der Waals surface area contributed by atoms with Gasteiger partial charge in [0.1, 0.15) is 11.6 Å². The van der Waals surface area contributed by atoms with E-state index < -0.39 is 6.43 Å². The van der Waals surface area contributed by atoms with E-state index in [-0.39, 0.29) is 11.3 Å². The monoisotopic (exact) mass is 340 g/mol. The highest BCUT2D eigenvalue weighted by molar-refractivity contribution is 5.84. The summed E-state index contributed by atoms with van der Waals surface area (Å²) in [6, 6.07) is 13.0. The van der Waals surface area contributed by atoms with Gasteiger partial charge in [0.05, 0.1) is 0 Å². The molecule has 5 heteroatoms. The van der Waals surface area contributed by atoms with Gasteiger partial charge < -0.3 is 10.8 Å². The standard InChI is InChI=1S/C20H18F2N2O/c1-2-16-17(13-4-3-5-14(10-13)19(21)22)11-24-20(23)18(16)12-6-8-15(25)9-7-12/h3-11,19,25H,2H2,1H3,(H2,23,24). The van der Waals surface area contributed by atoms with E-state index in [9.17, 15) is 13.9 Å². The van der Waals surface area contributed by atoms with Gasteiger partial charge in [0.2, 0.25) is 0 Å². The van der Waals surface area contributed by atoms with Crippen LogP contribution in [0.3, 0.4) is 0 Å². The molecule has 0 amide bonds. The fraction of sp³-hybridized carbons (Fsp3) is 0.150. The number of halogens is 2. The van der Waals surface area contributed by atoms with Gasteiger partial charge in [-0.2, -0.15) is 0 Å². The van der Waals surface area contributed by atoms with Gasteiger partial charge >= 0.3 is 0 Å². The number of nitrogen functional groups attached to an aromatic ring is 1. The Balaban J connectivity index is 2.21. The number of hydrogen-bond acceptors (Lipinski definition) is 3. The summed E-state index contributed by atoms with van der Waals surface area (Å²) in [6.07, 6.45) is -0.233. The van der Waals surface area contributed by atoms with Crippen LogP contribution in [0.2, 0.25) is 0 Å². The summed E-state index contributed by atoms with van der Waals surface area (Å²) in [5.41, 5.74) is 10.1. The van der Waals surface area contributed by atoms with E-state index in [1.807, 2.05) is 6.92 Å². The summed E-state index contributed by atoms with van der Waals surface area (Å²) in [5, 5.41) is 9.50. The highest BCUT2D eigenvalue weighted by Crippen LogP contribution is 2.37. The Morgan fingerprint density at radius 1 is 1.08 bits per heavy atom. The fourth-order valence-electron chi connectivity index (χ4n) is 2.97. The molecule has 0 spiro atoms. The minimum Gasteiger partial charge on any atom is -0.508 e. The van der Waals surface area contributed by atoms with Gasteiger partial charge in [0.15, 0.2) is 0 Å². The van der Waals surface area contributed by atoms with Crippen molar-refractivity contribution in [3.05, 3.63) is 65.9 Å². The molecule has 3 N–H and O–H groups in total. The van der Waals surface area contributed by atoms with Gasteiger partial charge in [-0.15, -0.1) is 0 Å². The zero-order chi connectivity index (χ0) is 18.0. The Hall–Kier alpha value is -2.95. The molecule has 3 rings (SSSR count). The van der Waals surface area contributed by atoms with Gasteiger partial charge in [0, 0.05) is 22.9 Å². The molecule has 0 unspecified atom stereocenters. The smallest absolute Gasteiger partial charge is 0.263 e. The number of phenolic OH excluding ortho intramolecular Hbond substituents is 1. The van der Waals surface area contributed by atoms with E-state index >= 15 is 0 Å². The number of benzene rings is 2. The Morgan fingerprint density at radius 2 is 1.80 bits per heavy atom. The number of aromatic hydroxyl groups is 1. The molecule has 0 aliphatic heterocycles. The molecule has 0 saturated heterocycles. The highest BCUT2D eigenvalue weighted by atomic mass is 19.3. The molecule has 0 saturated carbocycles. The lowest BCUT2D eigenvalue weighted by Crippen LogP contribution is -2.01. The summed E-state index contributed by atoms with van der Waals surface area (Å²) in [7, 11) is 0. The molecule has 1 heterocycles. The van der Waals surface area contributed by atoms with Crippen LogP contribution >= 0.6 is 0 Å². The van der Waals surface area contributed by atoms with Gasteiger partial charge in [-0.1, -0.05) is 37.3 Å². The molecule has 3 nitrogen and oxygen atoms in total. The summed E-state index contributed by atoms with van der Waals surface area (Å²) >= 11 is 0. The number of hydrogen-bond donors (Lipinski definition) is 2. The van der Waals surface area contributed by atoms with Crippen molar-refractivity contribution in [2.45, 2.75) is 19.8 Å². The van der Waals surface area contributed by atoms with Crippen LogP contribution in [0.4, 0.5) is 14.6 Å². The maximum Gasteiger partial charge on any atom is 0.263 e. The Bertz CT molecular complexity index is 893. The lowest BCUT2D eigenvalue weighted by atomic mass is 9.91. The Labute approximate surface area is 144 Å². The molecule has 25 heavy (non-hydrogen) atoms. The quantitative estimate of drug-likeness (QED) is 0.686. The number of nitrogens with zero attached hydrogens (tertiary/aromatic N) is 1. The van der Waals surface area contributed by atoms with Gasteiger partial charge in [-0.3, -0.25) is 0 Å². The SMILES string of the molecule is CCc1c(-c2cccc(C(F)F)c2)cnc(N)c1-c1ccc(O)cc1.